The maximum atomic E-state index is 6.76. The maximum Gasteiger partial charge on any atom is 0.135 e. The second kappa shape index (κ2) is 15.3. The Morgan fingerprint density at radius 3 is 1.28 bits per heavy atom. The van der Waals surface area contributed by atoms with Crippen molar-refractivity contribution in [3.05, 3.63) is 282 Å². The molecule has 0 unspecified atom stereocenters. The minimum Gasteiger partial charge on any atom is -0.456 e. The molecule has 2 heteroatoms. The molecule has 0 aromatic heterocycles. The predicted octanol–water partition coefficient (Wildman–Crippen LogP) is 18.6. The van der Waals surface area contributed by atoms with Crippen LogP contribution in [-0.4, -0.2) is 0 Å². The monoisotopic (exact) mass is 917 g/mol. The molecule has 0 fully saturated rings. The van der Waals surface area contributed by atoms with E-state index in [2.05, 4.69) is 261 Å². The van der Waals surface area contributed by atoms with E-state index in [9.17, 15) is 0 Å². The number of rotatable bonds is 4. The molecule has 4 aliphatic rings. The van der Waals surface area contributed by atoms with Gasteiger partial charge in [-0.3, -0.25) is 0 Å². The number of nitrogens with zero attached hydrogens (tertiary/aromatic N) is 1. The summed E-state index contributed by atoms with van der Waals surface area (Å²) >= 11 is 0. The van der Waals surface area contributed by atoms with Crippen LogP contribution in [-0.2, 0) is 10.8 Å². The van der Waals surface area contributed by atoms with Gasteiger partial charge in [0.2, 0.25) is 0 Å². The third-order valence-corrected chi connectivity index (χ3v) is 16.3. The lowest BCUT2D eigenvalue weighted by Gasteiger charge is -2.35. The highest BCUT2D eigenvalue weighted by atomic mass is 16.5. The van der Waals surface area contributed by atoms with E-state index >= 15 is 0 Å². The molecular weight excluding hydrogens is 871 g/mol. The first-order chi connectivity index (χ1) is 35.5. The molecule has 0 saturated carbocycles. The zero-order chi connectivity index (χ0) is 47.7. The zero-order valence-corrected chi connectivity index (χ0v) is 40.0. The Balaban J connectivity index is 0.901. The summed E-state index contributed by atoms with van der Waals surface area (Å²) in [4.78, 5) is 2.43. The van der Waals surface area contributed by atoms with Gasteiger partial charge in [-0.2, -0.15) is 0 Å². The molecule has 3 aliphatic carbocycles. The van der Waals surface area contributed by atoms with Crippen molar-refractivity contribution >= 4 is 17.1 Å². The van der Waals surface area contributed by atoms with Crippen LogP contribution in [0.5, 0.6) is 11.5 Å². The van der Waals surface area contributed by atoms with Crippen LogP contribution in [0.2, 0.25) is 0 Å². The molecule has 0 atom stereocenters. The van der Waals surface area contributed by atoms with E-state index < -0.39 is 5.41 Å². The van der Waals surface area contributed by atoms with Gasteiger partial charge in [0.1, 0.15) is 11.5 Å². The van der Waals surface area contributed by atoms with Crippen molar-refractivity contribution in [3.63, 3.8) is 0 Å². The molecule has 11 aromatic rings. The first kappa shape index (κ1) is 40.9. The van der Waals surface area contributed by atoms with Gasteiger partial charge in [0.05, 0.1) is 5.41 Å². The topological polar surface area (TPSA) is 12.5 Å². The second-order valence-corrected chi connectivity index (χ2v) is 20.3. The highest BCUT2D eigenvalue weighted by Gasteiger charge is 2.49. The summed E-state index contributed by atoms with van der Waals surface area (Å²) in [6.45, 7) is 4.72. The SMILES string of the molecule is CC1(C)c2ccccc2-c2ccc(N(c3ccc(-c4ccc5c(c4)C4(c6ccccc6-c6ccccc6-c6ccccc64)c4ccccc4-5)cc3)c3ccc4c(c3)-c3ccccc3-c3ccccc3O4)cc21. The van der Waals surface area contributed by atoms with Crippen molar-refractivity contribution in [2.24, 2.45) is 0 Å². The first-order valence-electron chi connectivity index (χ1n) is 25.2. The molecule has 0 bridgehead atoms. The van der Waals surface area contributed by atoms with E-state index in [1.54, 1.807) is 0 Å². The van der Waals surface area contributed by atoms with Gasteiger partial charge in [0.25, 0.3) is 0 Å². The van der Waals surface area contributed by atoms with Crippen LogP contribution in [0.3, 0.4) is 0 Å². The number of hydrogen-bond donors (Lipinski definition) is 0. The van der Waals surface area contributed by atoms with Gasteiger partial charge in [-0.05, 0) is 155 Å². The molecule has 0 saturated heterocycles. The lowest BCUT2D eigenvalue weighted by molar-refractivity contribution is 0.488. The number of hydrogen-bond acceptors (Lipinski definition) is 2. The molecule has 2 nitrogen and oxygen atoms in total. The molecule has 338 valence electrons. The fraction of sp³-hybridized carbons (Fsp3) is 0.0571. The Bertz CT molecular complexity index is 4000. The van der Waals surface area contributed by atoms with E-state index in [-0.39, 0.29) is 5.41 Å². The van der Waals surface area contributed by atoms with Crippen molar-refractivity contribution in [3.8, 4) is 89.4 Å². The van der Waals surface area contributed by atoms with Crippen molar-refractivity contribution in [1.29, 1.82) is 0 Å². The van der Waals surface area contributed by atoms with Gasteiger partial charge in [0.15, 0.2) is 0 Å². The summed E-state index contributed by atoms with van der Waals surface area (Å²) in [6, 6.07) is 92.4. The van der Waals surface area contributed by atoms with E-state index in [0.717, 1.165) is 50.8 Å². The molecule has 15 rings (SSSR count). The molecule has 1 aliphatic heterocycles. The van der Waals surface area contributed by atoms with Crippen molar-refractivity contribution in [1.82, 2.24) is 0 Å². The van der Waals surface area contributed by atoms with Crippen molar-refractivity contribution in [2.75, 3.05) is 4.90 Å². The van der Waals surface area contributed by atoms with Gasteiger partial charge in [0, 0.05) is 33.6 Å². The summed E-state index contributed by atoms with van der Waals surface area (Å²) in [5, 5.41) is 0. The molecule has 11 aromatic carbocycles. The molecule has 0 radical (unpaired) electrons. The van der Waals surface area contributed by atoms with Crippen molar-refractivity contribution in [2.45, 2.75) is 24.7 Å². The van der Waals surface area contributed by atoms with Gasteiger partial charge in [-0.25, -0.2) is 0 Å². The van der Waals surface area contributed by atoms with E-state index in [1.807, 2.05) is 6.07 Å². The maximum absolute atomic E-state index is 6.76. The quantitative estimate of drug-likeness (QED) is 0.174. The number of fused-ring (bicyclic) bond motifs is 20. The van der Waals surface area contributed by atoms with Crippen molar-refractivity contribution < 1.29 is 4.74 Å². The lowest BCUT2D eigenvalue weighted by atomic mass is 9.65. The second-order valence-electron chi connectivity index (χ2n) is 20.3. The number of para-hydroxylation sites is 1. The van der Waals surface area contributed by atoms with Crippen LogP contribution >= 0.6 is 0 Å². The van der Waals surface area contributed by atoms with Crippen LogP contribution in [0.15, 0.2) is 249 Å². The van der Waals surface area contributed by atoms with E-state index in [4.69, 9.17) is 4.74 Å². The Hall–Kier alpha value is -8.98. The average molecular weight is 918 g/mol. The third kappa shape index (κ3) is 5.66. The minimum atomic E-state index is -0.541. The summed E-state index contributed by atoms with van der Waals surface area (Å²) in [7, 11) is 0. The van der Waals surface area contributed by atoms with Crippen LogP contribution in [0.4, 0.5) is 17.1 Å². The summed E-state index contributed by atoms with van der Waals surface area (Å²) < 4.78 is 6.76. The van der Waals surface area contributed by atoms with Crippen LogP contribution in [0.1, 0.15) is 47.2 Å². The molecular formula is C70H47NO. The van der Waals surface area contributed by atoms with Gasteiger partial charge < -0.3 is 9.64 Å². The highest BCUT2D eigenvalue weighted by molar-refractivity contribution is 5.99. The van der Waals surface area contributed by atoms with E-state index in [1.165, 1.54) is 89.0 Å². The Kier molecular flexibility index (Phi) is 8.66. The lowest BCUT2D eigenvalue weighted by Crippen LogP contribution is -2.29. The smallest absolute Gasteiger partial charge is 0.135 e. The van der Waals surface area contributed by atoms with E-state index in [0.29, 0.717) is 0 Å². The minimum absolute atomic E-state index is 0.157. The predicted molar refractivity (Wildman–Crippen MR) is 297 cm³/mol. The Labute approximate surface area is 420 Å². The average Bonchev–Trinajstić information content (AvgIpc) is 3.75. The number of anilines is 3. The summed E-state index contributed by atoms with van der Waals surface area (Å²) in [5.41, 5.74) is 27.6. The molecule has 0 amide bonds. The standard InChI is InChI=1S/C70H47NO/c1-69(2)61-26-12-7-23-55(61)57-39-36-48(43-65(57)69)71(47-37-40-68-60(42-47)52-20-6-5-19-51(52)59-25-11-16-30-67(59)72-68)46-34-31-44(32-35-46)45-33-38-58-56-24-10-15-29-64(56)70(66(58)41-45)62-27-13-8-21-53(62)49-17-3-4-18-50(49)54-22-9-14-28-63(54)70/h3-43H,1-2H3. The van der Waals surface area contributed by atoms with Gasteiger partial charge in [-0.1, -0.05) is 208 Å². The molecule has 72 heavy (non-hydrogen) atoms. The first-order valence-corrected chi connectivity index (χ1v) is 25.2. The van der Waals surface area contributed by atoms with Gasteiger partial charge in [-0.15, -0.1) is 0 Å². The highest BCUT2D eigenvalue weighted by Crippen LogP contribution is 2.62. The number of benzene rings is 11. The fourth-order valence-corrected chi connectivity index (χ4v) is 13.1. The Morgan fingerprint density at radius 1 is 0.264 bits per heavy atom. The molecule has 0 N–H and O–H groups in total. The summed E-state index contributed by atoms with van der Waals surface area (Å²) in [6.07, 6.45) is 0. The van der Waals surface area contributed by atoms with Crippen LogP contribution in [0, 0.1) is 0 Å². The molecule has 1 heterocycles. The van der Waals surface area contributed by atoms with Crippen LogP contribution < -0.4 is 9.64 Å². The normalized spacial score (nSPS) is 14.0. The third-order valence-electron chi connectivity index (χ3n) is 16.3. The number of ether oxygens (including phenoxy) is 1. The molecule has 1 spiro atoms. The Morgan fingerprint density at radius 2 is 0.653 bits per heavy atom. The summed E-state index contributed by atoms with van der Waals surface area (Å²) in [5.74, 6) is 1.71. The van der Waals surface area contributed by atoms with Crippen LogP contribution in [0.25, 0.3) is 77.9 Å². The fourth-order valence-electron chi connectivity index (χ4n) is 13.1. The largest absolute Gasteiger partial charge is 0.456 e. The zero-order valence-electron chi connectivity index (χ0n) is 40.0. The van der Waals surface area contributed by atoms with Gasteiger partial charge >= 0.3 is 0 Å².